The van der Waals surface area contributed by atoms with Crippen LogP contribution in [0.4, 0.5) is 5.13 Å². The van der Waals surface area contributed by atoms with Crippen LogP contribution in [0.15, 0.2) is 42.5 Å². The van der Waals surface area contributed by atoms with Crippen LogP contribution in [0.1, 0.15) is 13.3 Å². The molecule has 0 saturated carbocycles. The van der Waals surface area contributed by atoms with E-state index in [2.05, 4.69) is 17.2 Å². The highest BCUT2D eigenvalue weighted by molar-refractivity contribution is 7.22. The Balaban J connectivity index is 1.60. The minimum atomic E-state index is -0.276. The normalized spacial score (nSPS) is 10.6. The van der Waals surface area contributed by atoms with E-state index in [-0.39, 0.29) is 12.5 Å². The first-order chi connectivity index (χ1) is 12.1. The number of amides is 1. The van der Waals surface area contributed by atoms with Crippen molar-refractivity contribution in [2.24, 2.45) is 0 Å². The third-order valence-corrected chi connectivity index (χ3v) is 4.41. The van der Waals surface area contributed by atoms with Crippen molar-refractivity contribution in [3.05, 3.63) is 47.5 Å². The Bertz CT molecular complexity index is 882. The van der Waals surface area contributed by atoms with Crippen LogP contribution < -0.4 is 14.8 Å². The van der Waals surface area contributed by atoms with Crippen molar-refractivity contribution in [1.82, 2.24) is 4.98 Å². The van der Waals surface area contributed by atoms with Crippen molar-refractivity contribution in [2.75, 3.05) is 18.5 Å². The van der Waals surface area contributed by atoms with Gasteiger partial charge in [-0.25, -0.2) is 4.98 Å². The number of thiazole rings is 1. The maximum absolute atomic E-state index is 12.0. The Hall–Kier alpha value is -2.31. The molecule has 0 aliphatic carbocycles. The second kappa shape index (κ2) is 8.18. The number of hydrogen-bond acceptors (Lipinski definition) is 5. The molecule has 1 aromatic heterocycles. The summed E-state index contributed by atoms with van der Waals surface area (Å²) >= 11 is 7.28. The summed E-state index contributed by atoms with van der Waals surface area (Å²) in [4.78, 5) is 16.4. The Morgan fingerprint density at radius 3 is 2.84 bits per heavy atom. The van der Waals surface area contributed by atoms with Crippen LogP contribution >= 0.6 is 22.9 Å². The van der Waals surface area contributed by atoms with Gasteiger partial charge in [-0.2, -0.15) is 0 Å². The van der Waals surface area contributed by atoms with E-state index in [1.54, 1.807) is 24.3 Å². The average Bonchev–Trinajstić information content (AvgIpc) is 2.99. The molecular weight excluding hydrogens is 360 g/mol. The fraction of sp³-hybridized carbons (Fsp3) is 0.222. The van der Waals surface area contributed by atoms with Crippen LogP contribution in [0.5, 0.6) is 11.5 Å². The van der Waals surface area contributed by atoms with Gasteiger partial charge in [0.25, 0.3) is 5.91 Å². The minimum Gasteiger partial charge on any atom is -0.494 e. The Morgan fingerprint density at radius 2 is 2.04 bits per heavy atom. The zero-order valence-electron chi connectivity index (χ0n) is 13.6. The summed E-state index contributed by atoms with van der Waals surface area (Å²) in [5, 5.41) is 3.84. The van der Waals surface area contributed by atoms with Gasteiger partial charge >= 0.3 is 0 Å². The van der Waals surface area contributed by atoms with E-state index in [9.17, 15) is 4.79 Å². The molecule has 2 aromatic carbocycles. The number of carbonyl (C=O) groups excluding carboxylic acids is 1. The molecule has 130 valence electrons. The summed E-state index contributed by atoms with van der Waals surface area (Å²) in [5.74, 6) is 1.08. The third-order valence-electron chi connectivity index (χ3n) is 3.25. The number of anilines is 1. The van der Waals surface area contributed by atoms with E-state index < -0.39 is 0 Å². The topological polar surface area (TPSA) is 60.5 Å². The molecule has 0 bridgehead atoms. The summed E-state index contributed by atoms with van der Waals surface area (Å²) in [6.45, 7) is 2.63. The van der Waals surface area contributed by atoms with Crippen LogP contribution in [0.25, 0.3) is 10.2 Å². The second-order valence-electron chi connectivity index (χ2n) is 5.29. The predicted octanol–water partition coefficient (Wildman–Crippen LogP) is 4.76. The van der Waals surface area contributed by atoms with Gasteiger partial charge in [0.05, 0.1) is 16.8 Å². The van der Waals surface area contributed by atoms with Gasteiger partial charge in [-0.1, -0.05) is 35.9 Å². The lowest BCUT2D eigenvalue weighted by Crippen LogP contribution is -2.19. The number of halogens is 1. The molecule has 0 aliphatic rings. The highest BCUT2D eigenvalue weighted by Crippen LogP contribution is 2.29. The molecule has 0 radical (unpaired) electrons. The first kappa shape index (κ1) is 17.5. The highest BCUT2D eigenvalue weighted by Gasteiger charge is 2.09. The van der Waals surface area contributed by atoms with Crippen molar-refractivity contribution in [1.29, 1.82) is 0 Å². The van der Waals surface area contributed by atoms with Crippen molar-refractivity contribution < 1.29 is 14.3 Å². The zero-order valence-corrected chi connectivity index (χ0v) is 15.2. The molecule has 0 saturated heterocycles. The maximum atomic E-state index is 12.0. The lowest BCUT2D eigenvalue weighted by atomic mass is 10.3. The number of hydrogen-bond donors (Lipinski definition) is 1. The van der Waals surface area contributed by atoms with Gasteiger partial charge in [0.2, 0.25) is 0 Å². The third kappa shape index (κ3) is 4.84. The first-order valence-corrected chi connectivity index (χ1v) is 9.05. The lowest BCUT2D eigenvalue weighted by molar-refractivity contribution is -0.118. The molecule has 0 spiro atoms. The molecule has 25 heavy (non-hydrogen) atoms. The number of aromatic nitrogens is 1. The number of ether oxygens (including phenoxy) is 2. The summed E-state index contributed by atoms with van der Waals surface area (Å²) in [7, 11) is 0. The van der Waals surface area contributed by atoms with Gasteiger partial charge in [-0.15, -0.1) is 0 Å². The number of rotatable bonds is 7. The fourth-order valence-electron chi connectivity index (χ4n) is 2.13. The van der Waals surface area contributed by atoms with Crippen molar-refractivity contribution in [3.8, 4) is 11.5 Å². The standard InChI is InChI=1S/C18H17ClN2O3S/c1-2-8-23-14-6-7-15-16(10-14)25-18(20-15)21-17(22)11-24-13-5-3-4-12(19)9-13/h3-7,9-10H,2,8,11H2,1H3,(H,20,21,22). The first-order valence-electron chi connectivity index (χ1n) is 7.85. The molecular formula is C18H17ClN2O3S. The van der Waals surface area contributed by atoms with E-state index in [0.717, 1.165) is 22.4 Å². The fourth-order valence-corrected chi connectivity index (χ4v) is 3.22. The van der Waals surface area contributed by atoms with Crippen LogP contribution in [0.2, 0.25) is 5.02 Å². The van der Waals surface area contributed by atoms with E-state index in [1.165, 1.54) is 11.3 Å². The molecule has 0 aliphatic heterocycles. The summed E-state index contributed by atoms with van der Waals surface area (Å²) in [6.07, 6.45) is 0.953. The number of carbonyl (C=O) groups is 1. The largest absolute Gasteiger partial charge is 0.494 e. The van der Waals surface area contributed by atoms with Crippen molar-refractivity contribution in [3.63, 3.8) is 0 Å². The van der Waals surface area contributed by atoms with Crippen molar-refractivity contribution >= 4 is 44.2 Å². The molecule has 1 amide bonds. The van der Waals surface area contributed by atoms with Gasteiger partial charge in [0.1, 0.15) is 11.5 Å². The molecule has 0 fully saturated rings. The predicted molar refractivity (Wildman–Crippen MR) is 101 cm³/mol. The molecule has 1 N–H and O–H groups in total. The molecule has 5 nitrogen and oxygen atoms in total. The number of benzene rings is 2. The molecule has 3 aromatic rings. The zero-order chi connectivity index (χ0) is 17.6. The van der Waals surface area contributed by atoms with Gasteiger partial charge in [0.15, 0.2) is 11.7 Å². The second-order valence-corrected chi connectivity index (χ2v) is 6.76. The van der Waals surface area contributed by atoms with Gasteiger partial charge in [-0.3, -0.25) is 10.1 Å². The summed E-state index contributed by atoms with van der Waals surface area (Å²) in [6, 6.07) is 12.6. The van der Waals surface area contributed by atoms with E-state index in [1.807, 2.05) is 18.2 Å². The van der Waals surface area contributed by atoms with Crippen molar-refractivity contribution in [2.45, 2.75) is 13.3 Å². The van der Waals surface area contributed by atoms with Gasteiger partial charge in [-0.05, 0) is 42.8 Å². The Kier molecular flexibility index (Phi) is 5.73. The summed E-state index contributed by atoms with van der Waals surface area (Å²) < 4.78 is 12.0. The maximum Gasteiger partial charge on any atom is 0.264 e. The SMILES string of the molecule is CCCOc1ccc2nc(NC(=O)COc3cccc(Cl)c3)sc2c1. The van der Waals surface area contributed by atoms with Gasteiger partial charge in [0, 0.05) is 5.02 Å². The Labute approximate surface area is 154 Å². The average molecular weight is 377 g/mol. The lowest BCUT2D eigenvalue weighted by Gasteiger charge is -2.05. The van der Waals surface area contributed by atoms with Crippen LogP contribution in [0, 0.1) is 0 Å². The van der Waals surface area contributed by atoms with E-state index in [0.29, 0.717) is 22.5 Å². The monoisotopic (exact) mass is 376 g/mol. The molecule has 3 rings (SSSR count). The minimum absolute atomic E-state index is 0.110. The van der Waals surface area contributed by atoms with Crippen LogP contribution in [-0.2, 0) is 4.79 Å². The number of fused-ring (bicyclic) bond motifs is 1. The summed E-state index contributed by atoms with van der Waals surface area (Å²) in [5.41, 5.74) is 0.819. The number of nitrogens with one attached hydrogen (secondary N) is 1. The van der Waals surface area contributed by atoms with Crippen LogP contribution in [-0.4, -0.2) is 24.1 Å². The number of nitrogens with zero attached hydrogens (tertiary/aromatic N) is 1. The molecule has 0 atom stereocenters. The molecule has 7 heteroatoms. The van der Waals surface area contributed by atoms with E-state index in [4.69, 9.17) is 21.1 Å². The smallest absolute Gasteiger partial charge is 0.264 e. The molecule has 1 heterocycles. The van der Waals surface area contributed by atoms with Crippen LogP contribution in [0.3, 0.4) is 0 Å². The molecule has 0 unspecified atom stereocenters. The van der Waals surface area contributed by atoms with Gasteiger partial charge < -0.3 is 9.47 Å². The van der Waals surface area contributed by atoms with E-state index >= 15 is 0 Å². The highest BCUT2D eigenvalue weighted by atomic mass is 35.5. The Morgan fingerprint density at radius 1 is 1.20 bits per heavy atom. The quantitative estimate of drug-likeness (QED) is 0.646.